The van der Waals surface area contributed by atoms with Crippen molar-refractivity contribution in [3.8, 4) is 0 Å². The molecule has 3 nitrogen and oxygen atoms in total. The quantitative estimate of drug-likeness (QED) is 0.911. The van der Waals surface area contributed by atoms with Gasteiger partial charge in [0.25, 0.3) is 5.91 Å². The van der Waals surface area contributed by atoms with Gasteiger partial charge in [0.2, 0.25) is 0 Å². The van der Waals surface area contributed by atoms with Crippen LogP contribution in [0.4, 0.5) is 5.69 Å². The van der Waals surface area contributed by atoms with E-state index in [4.69, 9.17) is 17.3 Å². The van der Waals surface area contributed by atoms with Gasteiger partial charge in [-0.1, -0.05) is 24.9 Å². The molecule has 1 fully saturated rings. The van der Waals surface area contributed by atoms with Crippen molar-refractivity contribution in [2.45, 2.75) is 19.8 Å². The second-order valence-corrected chi connectivity index (χ2v) is 6.79. The van der Waals surface area contributed by atoms with Gasteiger partial charge < -0.3 is 10.6 Å². The molecule has 1 aliphatic heterocycles. The fourth-order valence-corrected chi connectivity index (χ4v) is 3.98. The smallest absolute Gasteiger partial charge is 0.266 e. The molecule has 0 bridgehead atoms. The lowest BCUT2D eigenvalue weighted by Crippen LogP contribution is -2.28. The van der Waals surface area contributed by atoms with Crippen LogP contribution in [0.15, 0.2) is 18.2 Å². The third-order valence-corrected chi connectivity index (χ3v) is 5.44. The number of anilines is 1. The summed E-state index contributed by atoms with van der Waals surface area (Å²) in [7, 11) is 0. The number of carbonyl (C=O) groups is 1. The SMILES string of the molecule is CCC1CCN(C(=O)c2sc3ccc(Cl)cc3c2N)C1. The molecule has 1 aromatic heterocycles. The zero-order valence-electron chi connectivity index (χ0n) is 11.4. The summed E-state index contributed by atoms with van der Waals surface area (Å²) in [6.45, 7) is 3.87. The highest BCUT2D eigenvalue weighted by molar-refractivity contribution is 7.21. The molecule has 1 aliphatic rings. The number of nitrogen functional groups attached to an aromatic ring is 1. The number of nitrogens with two attached hydrogens (primary N) is 1. The lowest BCUT2D eigenvalue weighted by atomic mass is 10.1. The highest BCUT2D eigenvalue weighted by atomic mass is 35.5. The third-order valence-electron chi connectivity index (χ3n) is 4.03. The van der Waals surface area contributed by atoms with Crippen LogP contribution in [-0.2, 0) is 0 Å². The Balaban J connectivity index is 1.94. The van der Waals surface area contributed by atoms with Gasteiger partial charge in [-0.05, 0) is 30.5 Å². The summed E-state index contributed by atoms with van der Waals surface area (Å²) in [6, 6.07) is 5.59. The second kappa shape index (κ2) is 5.26. The number of thiophene rings is 1. The summed E-state index contributed by atoms with van der Waals surface area (Å²) < 4.78 is 1.02. The first kappa shape index (κ1) is 13.7. The van der Waals surface area contributed by atoms with Crippen LogP contribution in [0, 0.1) is 5.92 Å². The topological polar surface area (TPSA) is 46.3 Å². The van der Waals surface area contributed by atoms with E-state index in [-0.39, 0.29) is 5.91 Å². The molecule has 2 aromatic rings. The van der Waals surface area contributed by atoms with Gasteiger partial charge in [0.05, 0.1) is 5.69 Å². The number of hydrogen-bond donors (Lipinski definition) is 1. The number of fused-ring (bicyclic) bond motifs is 1. The highest BCUT2D eigenvalue weighted by Gasteiger charge is 2.28. The minimum absolute atomic E-state index is 0.0655. The first-order valence-electron chi connectivity index (χ1n) is 6.87. The zero-order valence-corrected chi connectivity index (χ0v) is 12.9. The normalized spacial score (nSPS) is 18.9. The van der Waals surface area contributed by atoms with Gasteiger partial charge in [-0.3, -0.25) is 4.79 Å². The monoisotopic (exact) mass is 308 g/mol. The predicted octanol–water partition coefficient (Wildman–Crippen LogP) is 4.01. The standard InChI is InChI=1S/C15H17ClN2OS/c1-2-9-5-6-18(8-9)15(19)14-13(17)11-7-10(16)3-4-12(11)20-14/h3-4,7,9H,2,5-6,8,17H2,1H3. The first-order chi connectivity index (χ1) is 9.60. The number of nitrogens with zero attached hydrogens (tertiary/aromatic N) is 1. The van der Waals surface area contributed by atoms with Crippen LogP contribution in [0.2, 0.25) is 5.02 Å². The van der Waals surface area contributed by atoms with E-state index in [0.717, 1.165) is 36.0 Å². The Hall–Kier alpha value is -1.26. The molecule has 5 heteroatoms. The minimum atomic E-state index is 0.0655. The Morgan fingerprint density at radius 2 is 2.35 bits per heavy atom. The average molecular weight is 309 g/mol. The fraction of sp³-hybridized carbons (Fsp3) is 0.400. The molecule has 106 valence electrons. The molecule has 0 radical (unpaired) electrons. The van der Waals surface area contributed by atoms with E-state index in [1.165, 1.54) is 11.3 Å². The molecule has 1 atom stereocenters. The molecule has 0 saturated carbocycles. The molecule has 1 aromatic carbocycles. The molecular formula is C15H17ClN2OS. The largest absolute Gasteiger partial charge is 0.397 e. The molecular weight excluding hydrogens is 292 g/mol. The Labute approximate surface area is 127 Å². The van der Waals surface area contributed by atoms with Crippen molar-refractivity contribution in [2.24, 2.45) is 5.92 Å². The van der Waals surface area contributed by atoms with E-state index in [2.05, 4.69) is 6.92 Å². The summed E-state index contributed by atoms with van der Waals surface area (Å²) in [5.41, 5.74) is 6.71. The summed E-state index contributed by atoms with van der Waals surface area (Å²) in [6.07, 6.45) is 2.22. The van der Waals surface area contributed by atoms with Crippen molar-refractivity contribution in [3.63, 3.8) is 0 Å². The Kier molecular flexibility index (Phi) is 3.61. The van der Waals surface area contributed by atoms with Gasteiger partial charge in [-0.15, -0.1) is 11.3 Å². The van der Waals surface area contributed by atoms with Crippen LogP contribution < -0.4 is 5.73 Å². The molecule has 1 saturated heterocycles. The van der Waals surface area contributed by atoms with Crippen LogP contribution in [0.5, 0.6) is 0 Å². The average Bonchev–Trinajstić information content (AvgIpc) is 3.04. The molecule has 20 heavy (non-hydrogen) atoms. The first-order valence-corrected chi connectivity index (χ1v) is 8.06. The lowest BCUT2D eigenvalue weighted by molar-refractivity contribution is 0.0792. The molecule has 2 heterocycles. The number of amides is 1. The number of carbonyl (C=O) groups excluding carboxylic acids is 1. The van der Waals surface area contributed by atoms with E-state index in [1.807, 2.05) is 23.1 Å². The maximum Gasteiger partial charge on any atom is 0.266 e. The second-order valence-electron chi connectivity index (χ2n) is 5.30. The van der Waals surface area contributed by atoms with Crippen LogP contribution in [-0.4, -0.2) is 23.9 Å². The summed E-state index contributed by atoms with van der Waals surface area (Å²) >= 11 is 7.46. The van der Waals surface area contributed by atoms with Crippen molar-refractivity contribution < 1.29 is 4.79 Å². The van der Waals surface area contributed by atoms with Gasteiger partial charge in [0.15, 0.2) is 0 Å². The van der Waals surface area contributed by atoms with E-state index in [0.29, 0.717) is 21.5 Å². The Morgan fingerprint density at radius 1 is 1.55 bits per heavy atom. The van der Waals surface area contributed by atoms with Gasteiger partial charge in [0.1, 0.15) is 4.88 Å². The number of likely N-dealkylation sites (tertiary alicyclic amines) is 1. The predicted molar refractivity (Wildman–Crippen MR) is 85.5 cm³/mol. The van der Waals surface area contributed by atoms with Crippen LogP contribution in [0.3, 0.4) is 0 Å². The van der Waals surface area contributed by atoms with Gasteiger partial charge in [-0.2, -0.15) is 0 Å². The molecule has 3 rings (SSSR count). The van der Waals surface area contributed by atoms with Crippen molar-refractivity contribution in [1.29, 1.82) is 0 Å². The molecule has 1 amide bonds. The highest BCUT2D eigenvalue weighted by Crippen LogP contribution is 2.36. The Morgan fingerprint density at radius 3 is 3.05 bits per heavy atom. The fourth-order valence-electron chi connectivity index (χ4n) is 2.74. The molecule has 0 spiro atoms. The molecule has 1 unspecified atom stereocenters. The van der Waals surface area contributed by atoms with Gasteiger partial charge in [0, 0.05) is 28.2 Å². The number of hydrogen-bond acceptors (Lipinski definition) is 3. The molecule has 0 aliphatic carbocycles. The van der Waals surface area contributed by atoms with Crippen LogP contribution in [0.25, 0.3) is 10.1 Å². The van der Waals surface area contributed by atoms with Gasteiger partial charge in [-0.25, -0.2) is 0 Å². The summed E-state index contributed by atoms with van der Waals surface area (Å²) in [4.78, 5) is 15.2. The van der Waals surface area contributed by atoms with Crippen molar-refractivity contribution >= 4 is 44.6 Å². The maximum absolute atomic E-state index is 12.6. The lowest BCUT2D eigenvalue weighted by Gasteiger charge is -2.15. The Bertz CT molecular complexity index is 667. The van der Waals surface area contributed by atoms with Crippen molar-refractivity contribution in [3.05, 3.63) is 28.1 Å². The van der Waals surface area contributed by atoms with E-state index >= 15 is 0 Å². The zero-order chi connectivity index (χ0) is 14.3. The third kappa shape index (κ3) is 2.27. The van der Waals surface area contributed by atoms with Crippen LogP contribution >= 0.6 is 22.9 Å². The van der Waals surface area contributed by atoms with Crippen molar-refractivity contribution in [1.82, 2.24) is 4.90 Å². The minimum Gasteiger partial charge on any atom is -0.397 e. The summed E-state index contributed by atoms with van der Waals surface area (Å²) in [5.74, 6) is 0.694. The number of halogens is 1. The summed E-state index contributed by atoms with van der Waals surface area (Å²) in [5, 5.41) is 1.53. The van der Waals surface area contributed by atoms with Crippen LogP contribution in [0.1, 0.15) is 29.4 Å². The van der Waals surface area contributed by atoms with Crippen molar-refractivity contribution in [2.75, 3.05) is 18.8 Å². The number of rotatable bonds is 2. The van der Waals surface area contributed by atoms with E-state index < -0.39 is 0 Å². The van der Waals surface area contributed by atoms with E-state index in [1.54, 1.807) is 0 Å². The number of benzene rings is 1. The maximum atomic E-state index is 12.6. The molecule has 2 N–H and O–H groups in total. The van der Waals surface area contributed by atoms with E-state index in [9.17, 15) is 4.79 Å². The van der Waals surface area contributed by atoms with Gasteiger partial charge >= 0.3 is 0 Å².